The number of hydrogen-bond acceptors (Lipinski definition) is 6. The number of nitrogens with one attached hydrogen (secondary N) is 3. The quantitative estimate of drug-likeness (QED) is 0.504. The molecule has 2 aromatic rings. The smallest absolute Gasteiger partial charge is 0.236 e. The maximum atomic E-state index is 14.1. The van der Waals surface area contributed by atoms with Crippen LogP contribution in [0, 0.1) is 11.2 Å². The van der Waals surface area contributed by atoms with Crippen molar-refractivity contribution < 1.29 is 18.7 Å². The molecule has 7 nitrogen and oxygen atoms in total. The van der Waals surface area contributed by atoms with Gasteiger partial charge in [-0.1, -0.05) is 18.2 Å². The molecule has 1 saturated carbocycles. The molecule has 1 fully saturated rings. The van der Waals surface area contributed by atoms with Gasteiger partial charge in [-0.15, -0.1) is 0 Å². The molecule has 8 heteroatoms. The van der Waals surface area contributed by atoms with E-state index in [-0.39, 0.29) is 11.7 Å². The summed E-state index contributed by atoms with van der Waals surface area (Å²) < 4.78 is 24.5. The molecule has 3 N–H and O–H groups in total. The maximum absolute atomic E-state index is 14.1. The molecular formula is C20H21FN4O3. The zero-order chi connectivity index (χ0) is 20.1. The third kappa shape index (κ3) is 3.80. The van der Waals surface area contributed by atoms with E-state index in [1.807, 2.05) is 0 Å². The summed E-state index contributed by atoms with van der Waals surface area (Å²) in [5.41, 5.74) is 0.0188. The predicted octanol–water partition coefficient (Wildman–Crippen LogP) is 2.99. The fourth-order valence-corrected chi connectivity index (χ4v) is 2.96. The number of halogens is 1. The topological polar surface area (TPSA) is 96.3 Å². The normalized spacial score (nSPS) is 14.4. The Balaban J connectivity index is 1.65. The van der Waals surface area contributed by atoms with Gasteiger partial charge in [0.25, 0.3) is 0 Å². The summed E-state index contributed by atoms with van der Waals surface area (Å²) in [7, 11) is 3.01. The molecule has 1 aliphatic carbocycles. The van der Waals surface area contributed by atoms with Crippen LogP contribution in [-0.2, 0) is 10.2 Å². The van der Waals surface area contributed by atoms with Crippen LogP contribution >= 0.6 is 0 Å². The fraction of sp³-hybridized carbons (Fsp3) is 0.250. The molecule has 1 amide bonds. The predicted molar refractivity (Wildman–Crippen MR) is 103 cm³/mol. The number of carbonyl (C=O) groups excluding carboxylic acids is 1. The van der Waals surface area contributed by atoms with Crippen molar-refractivity contribution >= 4 is 17.4 Å². The lowest BCUT2D eigenvalue weighted by atomic mass is 9.94. The highest BCUT2D eigenvalue weighted by atomic mass is 19.1. The molecule has 0 radical (unpaired) electrons. The molecule has 1 aromatic heterocycles. The third-order valence-electron chi connectivity index (χ3n) is 4.62. The number of amidine groups is 1. The van der Waals surface area contributed by atoms with Gasteiger partial charge < -0.3 is 20.1 Å². The van der Waals surface area contributed by atoms with Gasteiger partial charge in [-0.2, -0.15) is 0 Å². The van der Waals surface area contributed by atoms with E-state index in [1.165, 1.54) is 45.0 Å². The van der Waals surface area contributed by atoms with Crippen molar-refractivity contribution in [1.82, 2.24) is 10.3 Å². The molecule has 0 spiro atoms. The Morgan fingerprint density at radius 3 is 2.43 bits per heavy atom. The number of nitrogens with zero attached hydrogens (tertiary/aromatic N) is 1. The first-order valence-corrected chi connectivity index (χ1v) is 8.66. The maximum Gasteiger partial charge on any atom is 0.236 e. The largest absolute Gasteiger partial charge is 0.493 e. The van der Waals surface area contributed by atoms with E-state index >= 15 is 0 Å². The molecule has 0 aliphatic heterocycles. The average molecular weight is 384 g/mol. The molecule has 0 bridgehead atoms. The lowest BCUT2D eigenvalue weighted by Gasteiger charge is -2.16. The van der Waals surface area contributed by atoms with Crippen molar-refractivity contribution in [2.24, 2.45) is 0 Å². The zero-order valence-electron chi connectivity index (χ0n) is 15.6. The van der Waals surface area contributed by atoms with Crippen molar-refractivity contribution in [1.29, 1.82) is 5.41 Å². The van der Waals surface area contributed by atoms with Crippen LogP contribution in [0.3, 0.4) is 0 Å². The van der Waals surface area contributed by atoms with Crippen LogP contribution in [0.2, 0.25) is 0 Å². The van der Waals surface area contributed by atoms with Crippen LogP contribution in [-0.4, -0.2) is 30.9 Å². The Bertz CT molecular complexity index is 903. The molecule has 28 heavy (non-hydrogen) atoms. The van der Waals surface area contributed by atoms with E-state index in [2.05, 4.69) is 15.6 Å². The number of ether oxygens (including phenoxy) is 2. The number of carbonyl (C=O) groups is 1. The Kier molecular flexibility index (Phi) is 5.58. The number of pyridine rings is 1. The number of aromatic nitrogens is 1. The molecule has 0 atom stereocenters. The summed E-state index contributed by atoms with van der Waals surface area (Å²) in [6.45, 7) is 0. The number of methoxy groups -OCH3 is 2. The summed E-state index contributed by atoms with van der Waals surface area (Å²) in [6, 6.07) is 6.25. The minimum atomic E-state index is -0.892. The van der Waals surface area contributed by atoms with Gasteiger partial charge in [-0.25, -0.2) is 4.39 Å². The summed E-state index contributed by atoms with van der Waals surface area (Å²) >= 11 is 0. The third-order valence-corrected chi connectivity index (χ3v) is 4.62. The van der Waals surface area contributed by atoms with Crippen molar-refractivity contribution in [2.45, 2.75) is 18.3 Å². The lowest BCUT2D eigenvalue weighted by Crippen LogP contribution is -2.38. The molecule has 1 aliphatic rings. The summed E-state index contributed by atoms with van der Waals surface area (Å²) in [6.07, 6.45) is 7.02. The Morgan fingerprint density at radius 1 is 1.21 bits per heavy atom. The molecule has 0 saturated heterocycles. The molecule has 146 valence electrons. The van der Waals surface area contributed by atoms with Crippen LogP contribution in [0.1, 0.15) is 18.4 Å². The van der Waals surface area contributed by atoms with Crippen molar-refractivity contribution in [3.8, 4) is 11.5 Å². The van der Waals surface area contributed by atoms with Crippen LogP contribution < -0.4 is 20.1 Å². The summed E-state index contributed by atoms with van der Waals surface area (Å²) in [5, 5.41) is 13.5. The standard InChI is InChI=1S/C20H21FN4O3/c1-27-15-11-23-12-16(28-2)18(15)24-10-7-17(22)25-19(26)20(8-9-20)13-5-3-4-6-14(13)21/h3-7,10-12H,8-9H2,1-2H3,(H,23,24)(H2,22,25,26)/b10-7-. The van der Waals surface area contributed by atoms with Gasteiger partial charge in [-0.05, 0) is 25.0 Å². The van der Waals surface area contributed by atoms with Crippen LogP contribution in [0.4, 0.5) is 10.1 Å². The first-order valence-electron chi connectivity index (χ1n) is 8.66. The van der Waals surface area contributed by atoms with Crippen molar-refractivity contribution in [3.05, 3.63) is 60.3 Å². The molecule has 3 rings (SSSR count). The summed E-state index contributed by atoms with van der Waals surface area (Å²) in [5.74, 6) is 0.0290. The first kappa shape index (κ1) is 19.3. The minimum absolute atomic E-state index is 0.118. The van der Waals surface area contributed by atoms with Gasteiger partial charge in [0.2, 0.25) is 5.91 Å². The fourth-order valence-electron chi connectivity index (χ4n) is 2.96. The van der Waals surface area contributed by atoms with Gasteiger partial charge >= 0.3 is 0 Å². The van der Waals surface area contributed by atoms with Crippen LogP contribution in [0.15, 0.2) is 48.9 Å². The Morgan fingerprint density at radius 2 is 1.86 bits per heavy atom. The Hall–Kier alpha value is -3.42. The first-order chi connectivity index (χ1) is 13.5. The summed E-state index contributed by atoms with van der Waals surface area (Å²) in [4.78, 5) is 16.6. The lowest BCUT2D eigenvalue weighted by molar-refractivity contribution is -0.122. The second-order valence-corrected chi connectivity index (χ2v) is 6.33. The van der Waals surface area contributed by atoms with E-state index in [0.717, 1.165) is 0 Å². The molecular weight excluding hydrogens is 363 g/mol. The van der Waals surface area contributed by atoms with Gasteiger partial charge in [0, 0.05) is 11.8 Å². The van der Waals surface area contributed by atoms with E-state index in [9.17, 15) is 9.18 Å². The number of rotatable bonds is 7. The molecule has 1 heterocycles. The van der Waals surface area contributed by atoms with E-state index in [0.29, 0.717) is 35.6 Å². The van der Waals surface area contributed by atoms with E-state index in [4.69, 9.17) is 14.9 Å². The van der Waals surface area contributed by atoms with Gasteiger partial charge in [-0.3, -0.25) is 15.2 Å². The monoisotopic (exact) mass is 384 g/mol. The molecule has 0 unspecified atom stereocenters. The van der Waals surface area contributed by atoms with E-state index in [1.54, 1.807) is 18.2 Å². The van der Waals surface area contributed by atoms with Gasteiger partial charge in [0.05, 0.1) is 32.0 Å². The minimum Gasteiger partial charge on any atom is -0.493 e. The van der Waals surface area contributed by atoms with Crippen molar-refractivity contribution in [2.75, 3.05) is 19.5 Å². The number of amides is 1. The van der Waals surface area contributed by atoms with E-state index < -0.39 is 11.2 Å². The van der Waals surface area contributed by atoms with Gasteiger partial charge in [0.15, 0.2) is 11.5 Å². The van der Waals surface area contributed by atoms with Gasteiger partial charge in [0.1, 0.15) is 17.3 Å². The number of benzene rings is 1. The Labute approximate surface area is 162 Å². The highest BCUT2D eigenvalue weighted by Gasteiger charge is 2.52. The van der Waals surface area contributed by atoms with Crippen LogP contribution in [0.5, 0.6) is 11.5 Å². The zero-order valence-corrected chi connectivity index (χ0v) is 15.6. The second-order valence-electron chi connectivity index (χ2n) is 6.33. The highest BCUT2D eigenvalue weighted by Crippen LogP contribution is 2.49. The van der Waals surface area contributed by atoms with Crippen molar-refractivity contribution in [3.63, 3.8) is 0 Å². The molecule has 1 aromatic carbocycles. The average Bonchev–Trinajstić information content (AvgIpc) is 3.50. The second kappa shape index (κ2) is 8.08. The highest BCUT2D eigenvalue weighted by molar-refractivity contribution is 6.07. The number of anilines is 1. The number of hydrogen-bond donors (Lipinski definition) is 3. The SMILES string of the molecule is COc1cncc(OC)c1N/C=C\C(=N)NC(=O)C1(c2ccccc2F)CC1. The van der Waals surface area contributed by atoms with Crippen LogP contribution in [0.25, 0.3) is 0 Å².